The molecule has 0 aliphatic carbocycles. The molecule has 0 fully saturated rings. The van der Waals surface area contributed by atoms with E-state index in [2.05, 4.69) is 0 Å². The maximum absolute atomic E-state index is 11.9. The van der Waals surface area contributed by atoms with Gasteiger partial charge in [-0.1, -0.05) is 18.2 Å². The molecule has 0 aliphatic rings. The molecule has 5 nitrogen and oxygen atoms in total. The molecule has 19 heavy (non-hydrogen) atoms. The van der Waals surface area contributed by atoms with E-state index >= 15 is 0 Å². The normalized spacial score (nSPS) is 12.2. The monoisotopic (exact) mass is 296 g/mol. The number of nitrogens with two attached hydrogens (primary N) is 1. The van der Waals surface area contributed by atoms with Crippen LogP contribution in [0.2, 0.25) is 0 Å². The highest BCUT2D eigenvalue weighted by Crippen LogP contribution is 2.15. The Labute approximate surface area is 107 Å². The summed E-state index contributed by atoms with van der Waals surface area (Å²) in [6.07, 6.45) is -5.03. The van der Waals surface area contributed by atoms with E-state index in [9.17, 15) is 26.4 Å². The summed E-state index contributed by atoms with van der Waals surface area (Å²) in [6, 6.07) is 5.63. The molecule has 1 amide bonds. The number of rotatable bonds is 4. The molecule has 0 unspecified atom stereocenters. The summed E-state index contributed by atoms with van der Waals surface area (Å²) >= 11 is 0. The molecule has 0 atom stereocenters. The van der Waals surface area contributed by atoms with Crippen LogP contribution in [-0.4, -0.2) is 27.0 Å². The van der Waals surface area contributed by atoms with Crippen LogP contribution in [0.25, 0.3) is 0 Å². The Morgan fingerprint density at radius 3 is 2.37 bits per heavy atom. The number of alkyl halides is 3. The zero-order valence-corrected chi connectivity index (χ0v) is 10.4. The van der Waals surface area contributed by atoms with Gasteiger partial charge in [-0.2, -0.15) is 13.2 Å². The number of halogens is 3. The maximum Gasteiger partial charge on any atom is 0.471 e. The van der Waals surface area contributed by atoms with Gasteiger partial charge in [0, 0.05) is 6.54 Å². The molecule has 1 aromatic carbocycles. The lowest BCUT2D eigenvalue weighted by molar-refractivity contribution is -0.173. The second-order valence-corrected chi connectivity index (χ2v) is 5.19. The van der Waals surface area contributed by atoms with Gasteiger partial charge in [-0.3, -0.25) is 4.79 Å². The van der Waals surface area contributed by atoms with Crippen LogP contribution in [0.3, 0.4) is 0 Å². The van der Waals surface area contributed by atoms with Crippen LogP contribution in [0.1, 0.15) is 5.56 Å². The van der Waals surface area contributed by atoms with Crippen molar-refractivity contribution in [1.82, 2.24) is 5.32 Å². The van der Waals surface area contributed by atoms with Crippen molar-refractivity contribution in [3.8, 4) is 0 Å². The van der Waals surface area contributed by atoms with Gasteiger partial charge in [-0.05, 0) is 18.1 Å². The lowest BCUT2D eigenvalue weighted by Crippen LogP contribution is -2.37. The molecular weight excluding hydrogens is 285 g/mol. The van der Waals surface area contributed by atoms with E-state index in [0.29, 0.717) is 0 Å². The molecule has 0 spiro atoms. The molecule has 1 rings (SSSR count). The maximum atomic E-state index is 11.9. The number of primary sulfonamides is 1. The summed E-state index contributed by atoms with van der Waals surface area (Å²) in [5.41, 5.74) is 0.243. The van der Waals surface area contributed by atoms with Gasteiger partial charge >= 0.3 is 12.1 Å². The van der Waals surface area contributed by atoms with Crippen LogP contribution in [0, 0.1) is 0 Å². The van der Waals surface area contributed by atoms with Gasteiger partial charge in [0.15, 0.2) is 0 Å². The molecule has 0 heterocycles. The number of carbonyl (C=O) groups excluding carboxylic acids is 1. The molecule has 0 radical (unpaired) electrons. The lowest BCUT2D eigenvalue weighted by Gasteiger charge is -2.10. The van der Waals surface area contributed by atoms with Crippen molar-refractivity contribution < 1.29 is 26.4 Å². The zero-order valence-electron chi connectivity index (χ0n) is 9.57. The lowest BCUT2D eigenvalue weighted by atomic mass is 10.1. The SMILES string of the molecule is NS(=O)(=O)c1ccccc1CCNC(=O)C(F)(F)F. The van der Waals surface area contributed by atoms with Crippen LogP contribution in [-0.2, 0) is 21.2 Å². The topological polar surface area (TPSA) is 89.3 Å². The molecule has 0 saturated heterocycles. The van der Waals surface area contributed by atoms with Gasteiger partial charge in [-0.25, -0.2) is 13.6 Å². The summed E-state index contributed by atoms with van der Waals surface area (Å²) < 4.78 is 58.2. The second kappa shape index (κ2) is 5.57. The molecule has 0 aromatic heterocycles. The predicted molar refractivity (Wildman–Crippen MR) is 60.6 cm³/mol. The van der Waals surface area contributed by atoms with Gasteiger partial charge in [0.05, 0.1) is 4.90 Å². The Bertz CT molecular complexity index is 570. The Hall–Kier alpha value is -1.61. The van der Waals surface area contributed by atoms with Gasteiger partial charge in [-0.15, -0.1) is 0 Å². The number of nitrogens with one attached hydrogen (secondary N) is 1. The van der Waals surface area contributed by atoms with E-state index in [1.807, 2.05) is 0 Å². The molecule has 0 saturated carbocycles. The average molecular weight is 296 g/mol. The predicted octanol–water partition coefficient (Wildman–Crippen LogP) is 0.555. The van der Waals surface area contributed by atoms with E-state index in [1.54, 1.807) is 5.32 Å². The number of hydrogen-bond acceptors (Lipinski definition) is 3. The van der Waals surface area contributed by atoms with Crippen LogP contribution < -0.4 is 10.5 Å². The third-order valence-corrected chi connectivity index (χ3v) is 3.23. The van der Waals surface area contributed by atoms with Gasteiger partial charge < -0.3 is 5.32 Å². The van der Waals surface area contributed by atoms with Crippen LogP contribution in [0.15, 0.2) is 29.2 Å². The van der Waals surface area contributed by atoms with Crippen molar-refractivity contribution >= 4 is 15.9 Å². The fraction of sp³-hybridized carbons (Fsp3) is 0.300. The summed E-state index contributed by atoms with van der Waals surface area (Å²) in [4.78, 5) is 10.4. The highest BCUT2D eigenvalue weighted by Gasteiger charge is 2.38. The fourth-order valence-electron chi connectivity index (χ4n) is 1.40. The molecular formula is C10H11F3N2O3S. The van der Waals surface area contributed by atoms with Crippen LogP contribution in [0.5, 0.6) is 0 Å². The number of benzene rings is 1. The number of amides is 1. The molecule has 0 bridgehead atoms. The van der Waals surface area contributed by atoms with Gasteiger partial charge in [0.2, 0.25) is 10.0 Å². The van der Waals surface area contributed by atoms with E-state index in [0.717, 1.165) is 0 Å². The average Bonchev–Trinajstić information content (AvgIpc) is 2.27. The van der Waals surface area contributed by atoms with E-state index in [1.165, 1.54) is 24.3 Å². The Morgan fingerprint density at radius 1 is 1.26 bits per heavy atom. The smallest absolute Gasteiger partial charge is 0.348 e. The number of sulfonamides is 1. The Morgan fingerprint density at radius 2 is 1.84 bits per heavy atom. The van der Waals surface area contributed by atoms with Crippen molar-refractivity contribution in [2.45, 2.75) is 17.5 Å². The van der Waals surface area contributed by atoms with Crippen molar-refractivity contribution in [2.24, 2.45) is 5.14 Å². The third kappa shape index (κ3) is 4.52. The largest absolute Gasteiger partial charge is 0.471 e. The summed E-state index contributed by atoms with van der Waals surface area (Å²) in [5.74, 6) is -2.07. The van der Waals surface area contributed by atoms with Crippen molar-refractivity contribution in [3.05, 3.63) is 29.8 Å². The van der Waals surface area contributed by atoms with Crippen molar-refractivity contribution in [3.63, 3.8) is 0 Å². The van der Waals surface area contributed by atoms with Crippen LogP contribution >= 0.6 is 0 Å². The quantitative estimate of drug-likeness (QED) is 0.850. The highest BCUT2D eigenvalue weighted by molar-refractivity contribution is 7.89. The first-order chi connectivity index (χ1) is 8.62. The van der Waals surface area contributed by atoms with Gasteiger partial charge in [0.25, 0.3) is 0 Å². The van der Waals surface area contributed by atoms with E-state index in [-0.39, 0.29) is 23.4 Å². The zero-order chi connectivity index (χ0) is 14.7. The minimum absolute atomic E-state index is 0.0750. The molecule has 0 aliphatic heterocycles. The third-order valence-electron chi connectivity index (χ3n) is 2.22. The first kappa shape index (κ1) is 15.4. The summed E-state index contributed by atoms with van der Waals surface area (Å²) in [7, 11) is -3.95. The standard InChI is InChI=1S/C10H11F3N2O3S/c11-10(12,13)9(16)15-6-5-7-3-1-2-4-8(7)19(14,17)18/h1-4H,5-6H2,(H,15,16)(H2,14,17,18). The van der Waals surface area contributed by atoms with E-state index < -0.39 is 22.1 Å². The highest BCUT2D eigenvalue weighted by atomic mass is 32.2. The minimum atomic E-state index is -4.96. The van der Waals surface area contributed by atoms with E-state index in [4.69, 9.17) is 5.14 Å². The Balaban J connectivity index is 2.73. The molecule has 9 heteroatoms. The molecule has 3 N–H and O–H groups in total. The first-order valence-corrected chi connectivity index (χ1v) is 6.63. The summed E-state index contributed by atoms with van der Waals surface area (Å²) in [6.45, 7) is -0.342. The van der Waals surface area contributed by atoms with Crippen molar-refractivity contribution in [2.75, 3.05) is 6.54 Å². The fourth-order valence-corrected chi connectivity index (χ4v) is 2.20. The second-order valence-electron chi connectivity index (χ2n) is 3.66. The number of hydrogen-bond donors (Lipinski definition) is 2. The summed E-state index contributed by atoms with van der Waals surface area (Å²) in [5, 5.41) is 6.61. The molecule has 1 aromatic rings. The van der Waals surface area contributed by atoms with Crippen molar-refractivity contribution in [1.29, 1.82) is 0 Å². The minimum Gasteiger partial charge on any atom is -0.348 e. The number of carbonyl (C=O) groups is 1. The Kier molecular flexibility index (Phi) is 4.53. The first-order valence-electron chi connectivity index (χ1n) is 5.08. The van der Waals surface area contributed by atoms with Crippen LogP contribution in [0.4, 0.5) is 13.2 Å². The molecule has 106 valence electrons. The van der Waals surface area contributed by atoms with Gasteiger partial charge in [0.1, 0.15) is 0 Å².